The van der Waals surface area contributed by atoms with Gasteiger partial charge in [0, 0.05) is 18.6 Å². The number of benzene rings is 1. The lowest BCUT2D eigenvalue weighted by Gasteiger charge is -2.11. The third-order valence-corrected chi connectivity index (χ3v) is 2.81. The van der Waals surface area contributed by atoms with Crippen LogP contribution in [-0.4, -0.2) is 23.4 Å². The van der Waals surface area contributed by atoms with Gasteiger partial charge in [0.2, 0.25) is 0 Å². The van der Waals surface area contributed by atoms with Gasteiger partial charge < -0.3 is 10.1 Å². The molecule has 110 valence electrons. The minimum absolute atomic E-state index is 0.354. The summed E-state index contributed by atoms with van der Waals surface area (Å²) in [6, 6.07) is 12.9. The van der Waals surface area contributed by atoms with E-state index in [-0.39, 0.29) is 6.03 Å². The first-order valence-corrected chi connectivity index (χ1v) is 7.05. The number of carbonyl (C=O) groups excluding carboxylic acids is 1. The fourth-order valence-corrected chi connectivity index (χ4v) is 1.74. The van der Waals surface area contributed by atoms with Crippen LogP contribution in [0.5, 0.6) is 5.75 Å². The van der Waals surface area contributed by atoms with E-state index in [2.05, 4.69) is 15.6 Å². The number of rotatable bonds is 6. The van der Waals surface area contributed by atoms with E-state index in [1.807, 2.05) is 30.3 Å². The lowest BCUT2D eigenvalue weighted by Crippen LogP contribution is -2.30. The molecule has 0 spiro atoms. The molecule has 6 heteroatoms. The summed E-state index contributed by atoms with van der Waals surface area (Å²) in [6.45, 7) is 0.797. The first-order chi connectivity index (χ1) is 10.3. The lowest BCUT2D eigenvalue weighted by atomic mass is 10.2. The summed E-state index contributed by atoms with van der Waals surface area (Å²) in [5.74, 6) is 1.25. The van der Waals surface area contributed by atoms with Crippen molar-refractivity contribution in [3.05, 3.63) is 54.2 Å². The maximum absolute atomic E-state index is 11.6. The van der Waals surface area contributed by atoms with Crippen molar-refractivity contribution in [1.82, 2.24) is 10.3 Å². The van der Waals surface area contributed by atoms with Crippen LogP contribution >= 0.6 is 11.6 Å². The van der Waals surface area contributed by atoms with Gasteiger partial charge in [0.15, 0.2) is 11.6 Å². The van der Waals surface area contributed by atoms with E-state index in [4.69, 9.17) is 16.3 Å². The van der Waals surface area contributed by atoms with Crippen LogP contribution in [-0.2, 0) is 6.61 Å². The van der Waals surface area contributed by atoms with Gasteiger partial charge in [-0.25, -0.2) is 9.78 Å². The molecule has 2 N–H and O–H groups in total. The summed E-state index contributed by atoms with van der Waals surface area (Å²) < 4.78 is 5.70. The number of hydrogen-bond acceptors (Lipinski definition) is 3. The molecule has 1 aromatic carbocycles. The number of aromatic nitrogens is 1. The molecule has 2 amide bonds. The van der Waals surface area contributed by atoms with E-state index < -0.39 is 0 Å². The normalized spacial score (nSPS) is 9.95. The highest BCUT2D eigenvalue weighted by atomic mass is 35.5. The van der Waals surface area contributed by atoms with Crippen LogP contribution in [0, 0.1) is 0 Å². The minimum atomic E-state index is -0.362. The van der Waals surface area contributed by atoms with Gasteiger partial charge in [-0.1, -0.05) is 30.3 Å². The Labute approximate surface area is 128 Å². The monoisotopic (exact) mass is 305 g/mol. The largest absolute Gasteiger partial charge is 0.485 e. The number of pyridine rings is 1. The molecule has 21 heavy (non-hydrogen) atoms. The zero-order valence-corrected chi connectivity index (χ0v) is 12.1. The van der Waals surface area contributed by atoms with Crippen molar-refractivity contribution in [2.24, 2.45) is 0 Å². The number of nitrogens with one attached hydrogen (secondary N) is 2. The van der Waals surface area contributed by atoms with Gasteiger partial charge in [-0.15, -0.1) is 11.6 Å². The van der Waals surface area contributed by atoms with E-state index >= 15 is 0 Å². The van der Waals surface area contributed by atoms with Gasteiger partial charge in [0.25, 0.3) is 0 Å². The number of ether oxygens (including phenoxy) is 1. The Morgan fingerprint density at radius 2 is 2.00 bits per heavy atom. The summed E-state index contributed by atoms with van der Waals surface area (Å²) >= 11 is 5.51. The number of hydrogen-bond donors (Lipinski definition) is 2. The van der Waals surface area contributed by atoms with E-state index in [9.17, 15) is 4.79 Å². The molecule has 0 unspecified atom stereocenters. The number of anilines is 1. The molecule has 0 saturated carbocycles. The van der Waals surface area contributed by atoms with E-state index in [0.29, 0.717) is 30.6 Å². The second-order valence-electron chi connectivity index (χ2n) is 4.19. The maximum Gasteiger partial charge on any atom is 0.320 e. The molecule has 0 radical (unpaired) electrons. The van der Waals surface area contributed by atoms with Gasteiger partial charge in [0.1, 0.15) is 6.61 Å². The Morgan fingerprint density at radius 3 is 2.76 bits per heavy atom. The fraction of sp³-hybridized carbons (Fsp3) is 0.200. The Morgan fingerprint density at radius 1 is 1.19 bits per heavy atom. The Balaban J connectivity index is 1.98. The summed E-state index contributed by atoms with van der Waals surface area (Å²) in [7, 11) is 0. The predicted molar refractivity (Wildman–Crippen MR) is 82.8 cm³/mol. The zero-order valence-electron chi connectivity index (χ0n) is 11.4. The molecular formula is C15H16ClN3O2. The first kappa shape index (κ1) is 15.1. The molecule has 2 aromatic rings. The summed E-state index contributed by atoms with van der Waals surface area (Å²) in [5, 5.41) is 5.24. The highest BCUT2D eigenvalue weighted by Gasteiger charge is 2.08. The van der Waals surface area contributed by atoms with Crippen LogP contribution in [0.1, 0.15) is 5.56 Å². The Bertz CT molecular complexity index is 578. The average molecular weight is 306 g/mol. The number of nitrogens with zero attached hydrogens (tertiary/aromatic N) is 1. The number of halogens is 1. The molecule has 5 nitrogen and oxygen atoms in total. The lowest BCUT2D eigenvalue weighted by molar-refractivity contribution is 0.252. The van der Waals surface area contributed by atoms with Crippen LogP contribution in [0.25, 0.3) is 0 Å². The van der Waals surface area contributed by atoms with Crippen molar-refractivity contribution >= 4 is 23.4 Å². The van der Waals surface area contributed by atoms with Gasteiger partial charge >= 0.3 is 6.03 Å². The van der Waals surface area contributed by atoms with Crippen LogP contribution in [0.2, 0.25) is 0 Å². The number of urea groups is 1. The van der Waals surface area contributed by atoms with Crippen molar-refractivity contribution < 1.29 is 9.53 Å². The van der Waals surface area contributed by atoms with E-state index in [1.54, 1.807) is 18.3 Å². The molecule has 0 atom stereocenters. The minimum Gasteiger partial charge on any atom is -0.485 e. The third-order valence-electron chi connectivity index (χ3n) is 2.62. The fourth-order valence-electron chi connectivity index (χ4n) is 1.65. The number of alkyl halides is 1. The molecule has 1 aromatic heterocycles. The molecule has 0 aliphatic carbocycles. The molecule has 1 heterocycles. The maximum atomic E-state index is 11.6. The van der Waals surface area contributed by atoms with Crippen LogP contribution in [0.3, 0.4) is 0 Å². The second-order valence-corrected chi connectivity index (χ2v) is 4.57. The predicted octanol–water partition coefficient (Wildman–Crippen LogP) is 3.02. The second kappa shape index (κ2) is 8.11. The van der Waals surface area contributed by atoms with Gasteiger partial charge in [-0.2, -0.15) is 0 Å². The standard InChI is InChI=1S/C15H16ClN3O2/c16-8-10-18-15(20)19-14-13(7-4-9-17-14)21-11-12-5-2-1-3-6-12/h1-7,9H,8,10-11H2,(H2,17,18,19,20). The molecule has 0 saturated heterocycles. The molecule has 0 aliphatic rings. The van der Waals surface area contributed by atoms with Gasteiger partial charge in [-0.05, 0) is 17.7 Å². The Kier molecular flexibility index (Phi) is 5.84. The highest BCUT2D eigenvalue weighted by molar-refractivity contribution is 6.18. The quantitative estimate of drug-likeness (QED) is 0.806. The SMILES string of the molecule is O=C(NCCCl)Nc1ncccc1OCc1ccccc1. The molecule has 0 fully saturated rings. The number of amides is 2. The first-order valence-electron chi connectivity index (χ1n) is 6.52. The summed E-state index contributed by atoms with van der Waals surface area (Å²) in [4.78, 5) is 15.7. The Hall–Kier alpha value is -2.27. The van der Waals surface area contributed by atoms with Crippen molar-refractivity contribution in [2.45, 2.75) is 6.61 Å². The molecule has 2 rings (SSSR count). The topological polar surface area (TPSA) is 63.2 Å². The molecular weight excluding hydrogens is 290 g/mol. The molecule has 0 aliphatic heterocycles. The van der Waals surface area contributed by atoms with Crippen molar-refractivity contribution in [2.75, 3.05) is 17.7 Å². The van der Waals surface area contributed by atoms with Gasteiger partial charge in [0.05, 0.1) is 0 Å². The van der Waals surface area contributed by atoms with E-state index in [0.717, 1.165) is 5.56 Å². The van der Waals surface area contributed by atoms with Crippen LogP contribution in [0.15, 0.2) is 48.7 Å². The van der Waals surface area contributed by atoms with Crippen molar-refractivity contribution in [3.8, 4) is 5.75 Å². The van der Waals surface area contributed by atoms with Crippen LogP contribution < -0.4 is 15.4 Å². The van der Waals surface area contributed by atoms with Gasteiger partial charge in [-0.3, -0.25) is 5.32 Å². The zero-order chi connectivity index (χ0) is 14.9. The summed E-state index contributed by atoms with van der Waals surface area (Å²) in [6.07, 6.45) is 1.59. The highest BCUT2D eigenvalue weighted by Crippen LogP contribution is 2.21. The van der Waals surface area contributed by atoms with Crippen molar-refractivity contribution in [3.63, 3.8) is 0 Å². The van der Waals surface area contributed by atoms with E-state index in [1.165, 1.54) is 0 Å². The van der Waals surface area contributed by atoms with Crippen molar-refractivity contribution in [1.29, 1.82) is 0 Å². The molecule has 0 bridgehead atoms. The average Bonchev–Trinajstić information content (AvgIpc) is 2.53. The van der Waals surface area contributed by atoms with Crippen LogP contribution in [0.4, 0.5) is 10.6 Å². The smallest absolute Gasteiger partial charge is 0.320 e. The number of carbonyl (C=O) groups is 1. The third kappa shape index (κ3) is 4.96. The summed E-state index contributed by atoms with van der Waals surface area (Å²) in [5.41, 5.74) is 1.04.